The number of H-pyrrole nitrogens is 1. The molecule has 1 unspecified atom stereocenters. The van der Waals surface area contributed by atoms with Crippen molar-refractivity contribution in [3.63, 3.8) is 0 Å². The number of aromatic amines is 1. The van der Waals surface area contributed by atoms with Crippen molar-refractivity contribution in [3.05, 3.63) is 82.0 Å². The van der Waals surface area contributed by atoms with Crippen molar-refractivity contribution in [2.75, 3.05) is 11.3 Å². The van der Waals surface area contributed by atoms with E-state index in [0.29, 0.717) is 16.5 Å². The van der Waals surface area contributed by atoms with Crippen LogP contribution in [0.15, 0.2) is 69.1 Å². The Hall–Kier alpha value is -4.12. The van der Waals surface area contributed by atoms with E-state index < -0.39 is 32.7 Å². The van der Waals surface area contributed by atoms with Crippen LogP contribution in [-0.4, -0.2) is 36.1 Å². The van der Waals surface area contributed by atoms with Gasteiger partial charge in [-0.15, -0.1) is 0 Å². The van der Waals surface area contributed by atoms with E-state index in [9.17, 15) is 23.1 Å². The molecule has 0 aliphatic heterocycles. The largest absolute Gasteiger partial charge is 0.507 e. The van der Waals surface area contributed by atoms with Crippen molar-refractivity contribution < 1.29 is 27.5 Å². The molecule has 4 aromatic rings. The number of hydrogen-bond donors (Lipinski definition) is 3. The summed E-state index contributed by atoms with van der Waals surface area (Å²) < 4.78 is 38.5. The number of para-hydroxylation sites is 1. The number of anilines is 1. The number of nitrogens with zero attached hydrogens (tertiary/aromatic N) is 1. The van der Waals surface area contributed by atoms with Crippen LogP contribution in [0.1, 0.15) is 47.3 Å². The third kappa shape index (κ3) is 4.44. The molecule has 2 aromatic carbocycles. The van der Waals surface area contributed by atoms with Crippen LogP contribution in [0, 0.1) is 5.92 Å². The molecule has 10 nitrogen and oxygen atoms in total. The first-order chi connectivity index (χ1) is 17.3. The summed E-state index contributed by atoms with van der Waals surface area (Å²) in [5.41, 5.74) is 0.551. The van der Waals surface area contributed by atoms with Crippen LogP contribution in [0.5, 0.6) is 5.75 Å². The van der Waals surface area contributed by atoms with Gasteiger partial charge in [0, 0.05) is 17.8 Å². The van der Waals surface area contributed by atoms with E-state index in [2.05, 4.69) is 14.7 Å². The Balaban J connectivity index is 1.49. The Kier molecular flexibility index (Phi) is 6.00. The molecule has 36 heavy (non-hydrogen) atoms. The van der Waals surface area contributed by atoms with E-state index in [-0.39, 0.29) is 35.2 Å². The van der Waals surface area contributed by atoms with Crippen molar-refractivity contribution in [1.82, 2.24) is 9.97 Å². The van der Waals surface area contributed by atoms with Crippen LogP contribution in [0.3, 0.4) is 0 Å². The topological polar surface area (TPSA) is 152 Å². The van der Waals surface area contributed by atoms with E-state index in [1.54, 1.807) is 55.5 Å². The Labute approximate surface area is 206 Å². The Morgan fingerprint density at radius 2 is 2.03 bits per heavy atom. The van der Waals surface area contributed by atoms with Crippen LogP contribution < -0.4 is 10.3 Å². The number of sulfonamides is 1. The second-order valence-electron chi connectivity index (χ2n) is 8.51. The fourth-order valence-electron chi connectivity index (χ4n) is 4.28. The van der Waals surface area contributed by atoms with E-state index in [1.807, 2.05) is 0 Å². The number of benzene rings is 2. The quantitative estimate of drug-likeness (QED) is 0.240. The highest BCUT2D eigenvalue weighted by atomic mass is 32.2. The van der Waals surface area contributed by atoms with E-state index in [0.717, 1.165) is 19.0 Å². The third-order valence-corrected chi connectivity index (χ3v) is 7.24. The van der Waals surface area contributed by atoms with Crippen LogP contribution >= 0.6 is 0 Å². The number of rotatable bonds is 8. The predicted octanol–water partition coefficient (Wildman–Crippen LogP) is 3.74. The number of aromatic hydroxyl groups is 1. The summed E-state index contributed by atoms with van der Waals surface area (Å²) in [6, 6.07) is 13.4. The number of imidazole rings is 1. The van der Waals surface area contributed by atoms with Gasteiger partial charge in [-0.1, -0.05) is 24.3 Å². The van der Waals surface area contributed by atoms with Crippen LogP contribution in [-0.2, 0) is 14.8 Å². The molecule has 1 saturated carbocycles. The zero-order valence-corrected chi connectivity index (χ0v) is 20.0. The van der Waals surface area contributed by atoms with Gasteiger partial charge in [0.25, 0.3) is 10.0 Å². The summed E-state index contributed by atoms with van der Waals surface area (Å²) in [5, 5.41) is 11.0. The Bertz CT molecular complexity index is 1620. The maximum atomic E-state index is 12.9. The van der Waals surface area contributed by atoms with E-state index in [4.69, 9.17) is 9.15 Å². The molecule has 1 fully saturated rings. The SMILES string of the molecule is CCOC(=O)c1c[nH]c(S(=O)(=O)Nc2cccc(C(c3c(O)c4ccccc4oc3=O)C3CC3)c2)n1. The minimum atomic E-state index is -4.15. The van der Waals surface area contributed by atoms with E-state index in [1.165, 1.54) is 0 Å². The average Bonchev–Trinajstić information content (AvgIpc) is 3.54. The maximum Gasteiger partial charge on any atom is 0.358 e. The first kappa shape index (κ1) is 23.6. The normalized spacial score (nSPS) is 14.5. The molecule has 2 heterocycles. The van der Waals surface area contributed by atoms with Gasteiger partial charge in [-0.3, -0.25) is 4.72 Å². The highest BCUT2D eigenvalue weighted by molar-refractivity contribution is 7.92. The summed E-state index contributed by atoms with van der Waals surface area (Å²) in [7, 11) is -4.15. The molecule has 0 spiro atoms. The lowest BCUT2D eigenvalue weighted by Crippen LogP contribution is -2.17. The molecule has 1 aliphatic carbocycles. The summed E-state index contributed by atoms with van der Waals surface area (Å²) in [5.74, 6) is -1.25. The van der Waals surface area contributed by atoms with Gasteiger partial charge in [-0.25, -0.2) is 14.6 Å². The van der Waals surface area contributed by atoms with Gasteiger partial charge in [-0.05, 0) is 55.5 Å². The first-order valence-electron chi connectivity index (χ1n) is 11.4. The lowest BCUT2D eigenvalue weighted by molar-refractivity contribution is 0.0519. The van der Waals surface area contributed by atoms with Crippen molar-refractivity contribution in [1.29, 1.82) is 0 Å². The number of fused-ring (bicyclic) bond motifs is 1. The molecule has 0 amide bonds. The van der Waals surface area contributed by atoms with Crippen molar-refractivity contribution in [2.24, 2.45) is 5.92 Å². The average molecular weight is 510 g/mol. The molecule has 0 saturated heterocycles. The predicted molar refractivity (Wildman–Crippen MR) is 131 cm³/mol. The van der Waals surface area contributed by atoms with Gasteiger partial charge in [0.2, 0.25) is 5.16 Å². The molecular formula is C25H23N3O7S. The third-order valence-electron chi connectivity index (χ3n) is 6.02. The van der Waals surface area contributed by atoms with Crippen molar-refractivity contribution in [3.8, 4) is 5.75 Å². The van der Waals surface area contributed by atoms with Crippen molar-refractivity contribution in [2.45, 2.75) is 30.8 Å². The van der Waals surface area contributed by atoms with Gasteiger partial charge < -0.3 is 19.2 Å². The summed E-state index contributed by atoms with van der Waals surface area (Å²) in [6.45, 7) is 1.76. The number of carbonyl (C=O) groups is 1. The number of aromatic nitrogens is 2. The number of esters is 1. The molecule has 3 N–H and O–H groups in total. The lowest BCUT2D eigenvalue weighted by Gasteiger charge is -2.19. The first-order valence-corrected chi connectivity index (χ1v) is 12.9. The molecule has 1 aliphatic rings. The van der Waals surface area contributed by atoms with Gasteiger partial charge in [0.05, 0.1) is 17.6 Å². The molecule has 0 radical (unpaired) electrons. The number of hydrogen-bond acceptors (Lipinski definition) is 8. The second kappa shape index (κ2) is 9.15. The number of nitrogens with one attached hydrogen (secondary N) is 2. The molecule has 1 atom stereocenters. The minimum absolute atomic E-state index is 0.101. The summed E-state index contributed by atoms with van der Waals surface area (Å²) in [6.07, 6.45) is 2.87. The maximum absolute atomic E-state index is 12.9. The minimum Gasteiger partial charge on any atom is -0.507 e. The Morgan fingerprint density at radius 1 is 1.25 bits per heavy atom. The van der Waals surface area contributed by atoms with Gasteiger partial charge >= 0.3 is 11.6 Å². The highest BCUT2D eigenvalue weighted by Gasteiger charge is 2.38. The highest BCUT2D eigenvalue weighted by Crippen LogP contribution is 2.48. The standard InChI is InChI=1S/C25H23N3O7S/c1-2-34-23(30)18-13-26-25(27-18)36(32,33)28-16-7-5-6-15(12-16)20(14-10-11-14)21-22(29)17-8-3-4-9-19(17)35-24(21)31/h3-9,12-14,20,28-29H,2,10-11H2,1H3,(H,26,27). The second-order valence-corrected chi connectivity index (χ2v) is 10.1. The Morgan fingerprint density at radius 3 is 2.78 bits per heavy atom. The van der Waals surface area contributed by atoms with Gasteiger partial charge in [0.1, 0.15) is 11.3 Å². The lowest BCUT2D eigenvalue weighted by atomic mass is 9.86. The summed E-state index contributed by atoms with van der Waals surface area (Å²) in [4.78, 5) is 31.1. The molecule has 5 rings (SSSR count). The zero-order chi connectivity index (χ0) is 25.4. The molecular weight excluding hydrogens is 486 g/mol. The fraction of sp³-hybridized carbons (Fsp3) is 0.240. The zero-order valence-electron chi connectivity index (χ0n) is 19.2. The molecule has 11 heteroatoms. The number of carbonyl (C=O) groups excluding carboxylic acids is 1. The van der Waals surface area contributed by atoms with Gasteiger partial charge in [0.15, 0.2) is 5.69 Å². The monoisotopic (exact) mass is 509 g/mol. The van der Waals surface area contributed by atoms with Gasteiger partial charge in [-0.2, -0.15) is 8.42 Å². The van der Waals surface area contributed by atoms with Crippen LogP contribution in [0.25, 0.3) is 11.0 Å². The van der Waals surface area contributed by atoms with Crippen LogP contribution in [0.4, 0.5) is 5.69 Å². The number of ether oxygens (including phenoxy) is 1. The molecule has 186 valence electrons. The van der Waals surface area contributed by atoms with Crippen molar-refractivity contribution >= 4 is 32.6 Å². The fourth-order valence-corrected chi connectivity index (χ4v) is 5.24. The molecule has 2 aromatic heterocycles. The molecule has 0 bridgehead atoms. The van der Waals surface area contributed by atoms with Crippen LogP contribution in [0.2, 0.25) is 0 Å². The smallest absolute Gasteiger partial charge is 0.358 e. The van der Waals surface area contributed by atoms with E-state index >= 15 is 0 Å². The summed E-state index contributed by atoms with van der Waals surface area (Å²) >= 11 is 0.